The lowest BCUT2D eigenvalue weighted by atomic mass is 10.1. The monoisotopic (exact) mass is 356 g/mol. The van der Waals surface area contributed by atoms with E-state index in [0.717, 1.165) is 33.9 Å². The molecule has 21 heavy (non-hydrogen) atoms. The van der Waals surface area contributed by atoms with E-state index in [1.807, 2.05) is 30.3 Å². The molecule has 0 aliphatic rings. The predicted molar refractivity (Wildman–Crippen MR) is 93.3 cm³/mol. The van der Waals surface area contributed by atoms with Crippen LogP contribution in [0.3, 0.4) is 0 Å². The molecule has 1 heterocycles. The van der Waals surface area contributed by atoms with Crippen molar-refractivity contribution in [1.82, 2.24) is 4.98 Å². The summed E-state index contributed by atoms with van der Waals surface area (Å²) in [7, 11) is 0. The molecule has 2 nitrogen and oxygen atoms in total. The van der Waals surface area contributed by atoms with Crippen molar-refractivity contribution in [1.29, 1.82) is 0 Å². The molecule has 0 bridgehead atoms. The molecule has 0 spiro atoms. The SMILES string of the molecule is Clc1ccc(CCNc2nc3cc(Cl)ccc3s2)c(Cl)c1. The number of hydrogen-bond donors (Lipinski definition) is 1. The van der Waals surface area contributed by atoms with Crippen LogP contribution in [0.5, 0.6) is 0 Å². The largest absolute Gasteiger partial charge is 0.361 e. The van der Waals surface area contributed by atoms with Gasteiger partial charge >= 0.3 is 0 Å². The summed E-state index contributed by atoms with van der Waals surface area (Å²) in [6.07, 6.45) is 0.812. The molecule has 1 N–H and O–H groups in total. The third kappa shape index (κ3) is 3.61. The molecule has 0 radical (unpaired) electrons. The fraction of sp³-hybridized carbons (Fsp3) is 0.133. The molecule has 3 rings (SSSR count). The Hall–Kier alpha value is -1.00. The Bertz CT molecular complexity index is 786. The van der Waals surface area contributed by atoms with E-state index in [0.29, 0.717) is 15.1 Å². The maximum atomic E-state index is 6.15. The predicted octanol–water partition coefficient (Wildman–Crippen LogP) is 5.91. The van der Waals surface area contributed by atoms with Gasteiger partial charge in [0, 0.05) is 21.6 Å². The third-order valence-corrected chi connectivity index (χ3v) is 4.85. The van der Waals surface area contributed by atoms with Gasteiger partial charge in [0.25, 0.3) is 0 Å². The summed E-state index contributed by atoms with van der Waals surface area (Å²) in [4.78, 5) is 4.51. The first-order chi connectivity index (χ1) is 10.1. The quantitative estimate of drug-likeness (QED) is 0.627. The highest BCUT2D eigenvalue weighted by Gasteiger charge is 2.05. The minimum atomic E-state index is 0.653. The zero-order chi connectivity index (χ0) is 14.8. The first-order valence-corrected chi connectivity index (χ1v) is 8.31. The van der Waals surface area contributed by atoms with E-state index in [1.165, 1.54) is 0 Å². The highest BCUT2D eigenvalue weighted by atomic mass is 35.5. The van der Waals surface area contributed by atoms with Crippen molar-refractivity contribution >= 4 is 61.5 Å². The molecule has 0 atom stereocenters. The van der Waals surface area contributed by atoms with E-state index < -0.39 is 0 Å². The maximum Gasteiger partial charge on any atom is 0.183 e. The summed E-state index contributed by atoms with van der Waals surface area (Å²) < 4.78 is 1.12. The first kappa shape index (κ1) is 14.9. The molecule has 0 aliphatic carbocycles. The number of thiazole rings is 1. The van der Waals surface area contributed by atoms with Gasteiger partial charge in [0.1, 0.15) is 0 Å². The molecule has 0 saturated carbocycles. The molecule has 0 amide bonds. The van der Waals surface area contributed by atoms with Crippen LogP contribution < -0.4 is 5.32 Å². The number of nitrogens with one attached hydrogen (secondary N) is 1. The van der Waals surface area contributed by atoms with Crippen LogP contribution in [0.2, 0.25) is 15.1 Å². The van der Waals surface area contributed by atoms with Gasteiger partial charge in [-0.2, -0.15) is 0 Å². The van der Waals surface area contributed by atoms with Crippen molar-refractivity contribution in [3.63, 3.8) is 0 Å². The smallest absolute Gasteiger partial charge is 0.183 e. The number of fused-ring (bicyclic) bond motifs is 1. The standard InChI is InChI=1S/C15H11Cl3N2S/c16-10-2-1-9(12(18)7-10)5-6-19-15-20-13-8-11(17)3-4-14(13)21-15/h1-4,7-8H,5-6H2,(H,19,20). The highest BCUT2D eigenvalue weighted by Crippen LogP contribution is 2.28. The summed E-state index contributed by atoms with van der Waals surface area (Å²) in [5, 5.41) is 6.25. The van der Waals surface area contributed by atoms with E-state index in [2.05, 4.69) is 10.3 Å². The average Bonchev–Trinajstić information content (AvgIpc) is 2.83. The van der Waals surface area contributed by atoms with Crippen molar-refractivity contribution in [2.75, 3.05) is 11.9 Å². The van der Waals surface area contributed by atoms with Gasteiger partial charge in [0.2, 0.25) is 0 Å². The molecule has 2 aromatic carbocycles. The second-order valence-electron chi connectivity index (χ2n) is 4.54. The lowest BCUT2D eigenvalue weighted by Crippen LogP contribution is -2.04. The molecular weight excluding hydrogens is 347 g/mol. The second kappa shape index (κ2) is 6.41. The minimum absolute atomic E-state index is 0.653. The van der Waals surface area contributed by atoms with Crippen LogP contribution >= 0.6 is 46.1 Å². The molecule has 0 aliphatic heterocycles. The van der Waals surface area contributed by atoms with E-state index in [-0.39, 0.29) is 0 Å². The van der Waals surface area contributed by atoms with Crippen LogP contribution in [0.25, 0.3) is 10.2 Å². The Morgan fingerprint density at radius 1 is 1.00 bits per heavy atom. The Balaban J connectivity index is 1.66. The summed E-state index contributed by atoms with van der Waals surface area (Å²) >= 11 is 19.6. The lowest BCUT2D eigenvalue weighted by Gasteiger charge is -2.05. The fourth-order valence-electron chi connectivity index (χ4n) is 2.00. The zero-order valence-corrected chi connectivity index (χ0v) is 14.0. The molecule has 0 saturated heterocycles. The number of nitrogens with zero attached hydrogens (tertiary/aromatic N) is 1. The lowest BCUT2D eigenvalue weighted by molar-refractivity contribution is 1.02. The van der Waals surface area contributed by atoms with E-state index >= 15 is 0 Å². The number of aromatic nitrogens is 1. The number of benzene rings is 2. The summed E-state index contributed by atoms with van der Waals surface area (Å²) in [5.74, 6) is 0. The Labute approximate surface area is 141 Å². The van der Waals surface area contributed by atoms with Crippen LogP contribution in [-0.2, 0) is 6.42 Å². The van der Waals surface area contributed by atoms with Crippen LogP contribution in [0.1, 0.15) is 5.56 Å². The van der Waals surface area contributed by atoms with Gasteiger partial charge in [-0.1, -0.05) is 52.2 Å². The average molecular weight is 358 g/mol. The third-order valence-electron chi connectivity index (χ3n) is 3.04. The molecule has 0 unspecified atom stereocenters. The van der Waals surface area contributed by atoms with Crippen molar-refractivity contribution in [3.05, 3.63) is 57.0 Å². The summed E-state index contributed by atoms with van der Waals surface area (Å²) in [6, 6.07) is 11.3. The molecule has 1 aromatic heterocycles. The number of anilines is 1. The van der Waals surface area contributed by atoms with Crippen molar-refractivity contribution in [3.8, 4) is 0 Å². The van der Waals surface area contributed by atoms with Crippen LogP contribution in [0.15, 0.2) is 36.4 Å². The number of rotatable bonds is 4. The van der Waals surface area contributed by atoms with Gasteiger partial charge in [-0.15, -0.1) is 0 Å². The van der Waals surface area contributed by atoms with Gasteiger partial charge in [-0.25, -0.2) is 4.98 Å². The summed E-state index contributed by atoms with van der Waals surface area (Å²) in [6.45, 7) is 0.759. The van der Waals surface area contributed by atoms with E-state index in [1.54, 1.807) is 17.4 Å². The number of hydrogen-bond acceptors (Lipinski definition) is 3. The Kier molecular flexibility index (Phi) is 4.55. The van der Waals surface area contributed by atoms with E-state index in [9.17, 15) is 0 Å². The molecule has 0 fully saturated rings. The molecule has 3 aromatic rings. The normalized spacial score (nSPS) is 11.0. The van der Waals surface area contributed by atoms with Crippen LogP contribution in [0, 0.1) is 0 Å². The molecule has 6 heteroatoms. The van der Waals surface area contributed by atoms with Gasteiger partial charge < -0.3 is 5.32 Å². The Morgan fingerprint density at radius 3 is 2.57 bits per heavy atom. The van der Waals surface area contributed by atoms with Crippen molar-refractivity contribution in [2.24, 2.45) is 0 Å². The molecular formula is C15H11Cl3N2S. The van der Waals surface area contributed by atoms with Gasteiger partial charge in [-0.3, -0.25) is 0 Å². The van der Waals surface area contributed by atoms with E-state index in [4.69, 9.17) is 34.8 Å². The fourth-order valence-corrected chi connectivity index (χ4v) is 3.55. The zero-order valence-electron chi connectivity index (χ0n) is 10.9. The minimum Gasteiger partial charge on any atom is -0.361 e. The second-order valence-corrected chi connectivity index (χ2v) is 6.85. The molecule has 108 valence electrons. The van der Waals surface area contributed by atoms with Gasteiger partial charge in [0.05, 0.1) is 10.2 Å². The van der Waals surface area contributed by atoms with Gasteiger partial charge in [0.15, 0.2) is 5.13 Å². The Morgan fingerprint density at radius 2 is 1.76 bits per heavy atom. The van der Waals surface area contributed by atoms with Crippen molar-refractivity contribution < 1.29 is 0 Å². The highest BCUT2D eigenvalue weighted by molar-refractivity contribution is 7.22. The van der Waals surface area contributed by atoms with Crippen molar-refractivity contribution in [2.45, 2.75) is 6.42 Å². The summed E-state index contributed by atoms with van der Waals surface area (Å²) in [5.41, 5.74) is 1.98. The topological polar surface area (TPSA) is 24.9 Å². The first-order valence-electron chi connectivity index (χ1n) is 6.36. The van der Waals surface area contributed by atoms with Gasteiger partial charge in [-0.05, 0) is 42.3 Å². The van der Waals surface area contributed by atoms with Crippen LogP contribution in [0.4, 0.5) is 5.13 Å². The van der Waals surface area contributed by atoms with Crippen LogP contribution in [-0.4, -0.2) is 11.5 Å². The number of halogens is 3. The maximum absolute atomic E-state index is 6.15.